The number of aromatic nitrogens is 1. The molecule has 0 saturated carbocycles. The number of nitrogens with one attached hydrogen (secondary N) is 1. The molecule has 1 atom stereocenters. The predicted molar refractivity (Wildman–Crippen MR) is 92.1 cm³/mol. The zero-order chi connectivity index (χ0) is 18.6. The van der Waals surface area contributed by atoms with Gasteiger partial charge in [-0.15, -0.1) is 0 Å². The van der Waals surface area contributed by atoms with Gasteiger partial charge >= 0.3 is 5.97 Å². The Morgan fingerprint density at radius 3 is 2.77 bits per heavy atom. The third kappa shape index (κ3) is 2.34. The number of carboxylic acid groups (broad SMARTS) is 1. The molecule has 2 aliphatic rings. The molecular formula is C18H14ClFN2O4. The molecule has 4 rings (SSSR count). The van der Waals surface area contributed by atoms with E-state index in [1.54, 1.807) is 6.07 Å². The Balaban J connectivity index is 2.10. The summed E-state index contributed by atoms with van der Waals surface area (Å²) < 4.78 is 16.0. The lowest BCUT2D eigenvalue weighted by Gasteiger charge is -2.22. The fourth-order valence-electron chi connectivity index (χ4n) is 3.84. The third-order valence-electron chi connectivity index (χ3n) is 4.96. The standard InChI is InChI=1S/C18H14ClFN2O4/c19-10-2-1-8-5-6-21-17(24)15-9(14(8)16(10)20)7-13(23)22-11(15)3-4-12(22)18(25)26/h1-2,7,12H,3-6H2,(H,21,24)(H,25,26). The number of fused-ring (bicyclic) bond motifs is 5. The van der Waals surface area contributed by atoms with Gasteiger partial charge in [0, 0.05) is 29.4 Å². The van der Waals surface area contributed by atoms with Crippen LogP contribution in [0.2, 0.25) is 5.02 Å². The van der Waals surface area contributed by atoms with E-state index in [-0.39, 0.29) is 34.6 Å². The van der Waals surface area contributed by atoms with Gasteiger partial charge in [-0.05, 0) is 30.9 Å². The highest BCUT2D eigenvalue weighted by atomic mass is 35.5. The second-order valence-electron chi connectivity index (χ2n) is 6.38. The number of rotatable bonds is 1. The number of nitrogens with zero attached hydrogens (tertiary/aromatic N) is 1. The van der Waals surface area contributed by atoms with Gasteiger partial charge in [-0.2, -0.15) is 0 Å². The van der Waals surface area contributed by atoms with Crippen LogP contribution in [0.5, 0.6) is 0 Å². The molecule has 6 nitrogen and oxygen atoms in total. The summed E-state index contributed by atoms with van der Waals surface area (Å²) in [5.74, 6) is -2.26. The molecule has 0 bridgehead atoms. The summed E-state index contributed by atoms with van der Waals surface area (Å²) in [6.07, 6.45) is 0.851. The van der Waals surface area contributed by atoms with Gasteiger partial charge in [0.15, 0.2) is 0 Å². The summed E-state index contributed by atoms with van der Waals surface area (Å²) in [6, 6.07) is 3.24. The number of carbonyl (C=O) groups excluding carboxylic acids is 1. The molecule has 1 amide bonds. The van der Waals surface area contributed by atoms with Crippen LogP contribution in [0.4, 0.5) is 4.39 Å². The Kier molecular flexibility index (Phi) is 3.84. The van der Waals surface area contributed by atoms with Gasteiger partial charge in [0.25, 0.3) is 11.5 Å². The van der Waals surface area contributed by atoms with E-state index < -0.39 is 29.3 Å². The van der Waals surface area contributed by atoms with Crippen molar-refractivity contribution in [2.24, 2.45) is 0 Å². The van der Waals surface area contributed by atoms with Gasteiger partial charge < -0.3 is 10.4 Å². The van der Waals surface area contributed by atoms with Crippen molar-refractivity contribution >= 4 is 23.5 Å². The summed E-state index contributed by atoms with van der Waals surface area (Å²) >= 11 is 5.93. The molecule has 0 aliphatic carbocycles. The second kappa shape index (κ2) is 5.95. The topological polar surface area (TPSA) is 88.4 Å². The lowest BCUT2D eigenvalue weighted by Crippen LogP contribution is -2.34. The van der Waals surface area contributed by atoms with E-state index in [0.29, 0.717) is 24.2 Å². The van der Waals surface area contributed by atoms with Crippen molar-refractivity contribution in [1.82, 2.24) is 9.88 Å². The zero-order valence-electron chi connectivity index (χ0n) is 13.5. The van der Waals surface area contributed by atoms with E-state index in [4.69, 9.17) is 11.6 Å². The van der Waals surface area contributed by atoms with Gasteiger partial charge in [-0.25, -0.2) is 9.18 Å². The number of aliphatic carboxylic acids is 1. The molecule has 2 aliphatic heterocycles. The normalized spacial score (nSPS) is 18.2. The molecule has 1 aromatic heterocycles. The van der Waals surface area contributed by atoms with Crippen LogP contribution in [0, 0.1) is 5.82 Å². The molecule has 134 valence electrons. The van der Waals surface area contributed by atoms with Crippen LogP contribution in [-0.4, -0.2) is 28.1 Å². The van der Waals surface area contributed by atoms with E-state index in [1.165, 1.54) is 6.07 Å². The maximum atomic E-state index is 14.8. The monoisotopic (exact) mass is 376 g/mol. The van der Waals surface area contributed by atoms with Crippen LogP contribution in [0.1, 0.15) is 34.1 Å². The van der Waals surface area contributed by atoms with Crippen LogP contribution >= 0.6 is 11.6 Å². The quantitative estimate of drug-likeness (QED) is 0.798. The number of pyridine rings is 1. The first-order chi connectivity index (χ1) is 12.4. The van der Waals surface area contributed by atoms with Crippen molar-refractivity contribution in [3.63, 3.8) is 0 Å². The summed E-state index contributed by atoms with van der Waals surface area (Å²) in [7, 11) is 0. The number of carbonyl (C=O) groups is 2. The zero-order valence-corrected chi connectivity index (χ0v) is 14.3. The molecule has 3 heterocycles. The average molecular weight is 377 g/mol. The first kappa shape index (κ1) is 16.8. The van der Waals surface area contributed by atoms with Crippen LogP contribution in [0.15, 0.2) is 23.0 Å². The highest BCUT2D eigenvalue weighted by molar-refractivity contribution is 6.31. The lowest BCUT2D eigenvalue weighted by atomic mass is 9.90. The van der Waals surface area contributed by atoms with Crippen LogP contribution < -0.4 is 10.9 Å². The maximum absolute atomic E-state index is 14.8. The molecule has 1 unspecified atom stereocenters. The Bertz CT molecular complexity index is 1030. The van der Waals surface area contributed by atoms with Crippen molar-refractivity contribution in [1.29, 1.82) is 0 Å². The Morgan fingerprint density at radius 1 is 1.27 bits per heavy atom. The van der Waals surface area contributed by atoms with Crippen molar-refractivity contribution in [2.45, 2.75) is 25.3 Å². The molecule has 2 aromatic rings. The molecule has 26 heavy (non-hydrogen) atoms. The van der Waals surface area contributed by atoms with Crippen molar-refractivity contribution in [2.75, 3.05) is 6.54 Å². The minimum Gasteiger partial charge on any atom is -0.480 e. The highest BCUT2D eigenvalue weighted by Crippen LogP contribution is 2.37. The van der Waals surface area contributed by atoms with Crippen molar-refractivity contribution in [3.8, 4) is 11.1 Å². The van der Waals surface area contributed by atoms with E-state index in [0.717, 1.165) is 10.6 Å². The number of benzene rings is 1. The number of carboxylic acids is 1. The predicted octanol–water partition coefficient (Wildman–Crippen LogP) is 2.17. The van der Waals surface area contributed by atoms with Gasteiger partial charge in [-0.1, -0.05) is 17.7 Å². The SMILES string of the molecule is O=C1NCCc2ccc(Cl)c(F)c2-c2cc(=O)n3c(c21)CCC3C(=O)O. The smallest absolute Gasteiger partial charge is 0.326 e. The fraction of sp³-hybridized carbons (Fsp3) is 0.278. The van der Waals surface area contributed by atoms with E-state index in [1.807, 2.05) is 0 Å². The molecule has 8 heteroatoms. The van der Waals surface area contributed by atoms with E-state index >= 15 is 0 Å². The second-order valence-corrected chi connectivity index (χ2v) is 6.79. The minimum atomic E-state index is -1.13. The van der Waals surface area contributed by atoms with Crippen LogP contribution in [0.25, 0.3) is 11.1 Å². The fourth-order valence-corrected chi connectivity index (χ4v) is 3.99. The van der Waals surface area contributed by atoms with Gasteiger partial charge in [-0.3, -0.25) is 14.2 Å². The summed E-state index contributed by atoms with van der Waals surface area (Å²) in [6.45, 7) is 0.299. The van der Waals surface area contributed by atoms with Gasteiger partial charge in [0.1, 0.15) is 11.9 Å². The molecule has 2 N–H and O–H groups in total. The Hall–Kier alpha value is -2.67. The van der Waals surface area contributed by atoms with E-state index in [2.05, 4.69) is 5.32 Å². The average Bonchev–Trinajstić information content (AvgIpc) is 3.02. The van der Waals surface area contributed by atoms with Crippen LogP contribution in [-0.2, 0) is 17.6 Å². The molecule has 0 spiro atoms. The first-order valence-electron chi connectivity index (χ1n) is 8.16. The summed E-state index contributed by atoms with van der Waals surface area (Å²) in [5, 5.41) is 12.0. The number of halogens is 2. The molecular weight excluding hydrogens is 363 g/mol. The van der Waals surface area contributed by atoms with E-state index in [9.17, 15) is 23.9 Å². The lowest BCUT2D eigenvalue weighted by molar-refractivity contribution is -0.140. The largest absolute Gasteiger partial charge is 0.480 e. The minimum absolute atomic E-state index is 0.0975. The number of hydrogen-bond acceptors (Lipinski definition) is 3. The van der Waals surface area contributed by atoms with Crippen molar-refractivity contribution < 1.29 is 19.1 Å². The number of amides is 1. The number of hydrogen-bond donors (Lipinski definition) is 2. The molecule has 0 fully saturated rings. The third-order valence-corrected chi connectivity index (χ3v) is 5.25. The van der Waals surface area contributed by atoms with Gasteiger partial charge in [0.05, 0.1) is 10.6 Å². The summed E-state index contributed by atoms with van der Waals surface area (Å²) in [4.78, 5) is 36.8. The Labute approximate surface area is 152 Å². The molecule has 0 saturated heterocycles. The Morgan fingerprint density at radius 2 is 2.04 bits per heavy atom. The van der Waals surface area contributed by atoms with Gasteiger partial charge in [0.2, 0.25) is 0 Å². The molecule has 0 radical (unpaired) electrons. The van der Waals surface area contributed by atoms with Crippen molar-refractivity contribution in [3.05, 3.63) is 56.2 Å². The molecule has 1 aromatic carbocycles. The first-order valence-corrected chi connectivity index (χ1v) is 8.54. The van der Waals surface area contributed by atoms with Crippen LogP contribution in [0.3, 0.4) is 0 Å². The highest BCUT2D eigenvalue weighted by Gasteiger charge is 2.35. The maximum Gasteiger partial charge on any atom is 0.326 e. The summed E-state index contributed by atoms with van der Waals surface area (Å²) in [5.41, 5.74) is 0.842.